The van der Waals surface area contributed by atoms with E-state index in [0.29, 0.717) is 5.56 Å². The summed E-state index contributed by atoms with van der Waals surface area (Å²) in [7, 11) is 0. The molecular weight excluding hydrogens is 327 g/mol. The van der Waals surface area contributed by atoms with Crippen molar-refractivity contribution in [1.82, 2.24) is 15.1 Å². The Kier molecular flexibility index (Phi) is 4.91. The largest absolute Gasteiger partial charge is 0.416 e. The van der Waals surface area contributed by atoms with Gasteiger partial charge >= 0.3 is 6.18 Å². The Hall–Kier alpha value is -2.84. The second kappa shape index (κ2) is 6.73. The van der Waals surface area contributed by atoms with Gasteiger partial charge in [-0.25, -0.2) is 4.68 Å². The Labute approximate surface area is 133 Å². The van der Waals surface area contributed by atoms with Gasteiger partial charge in [0, 0.05) is 12.1 Å². The van der Waals surface area contributed by atoms with Crippen molar-refractivity contribution in [3.8, 4) is 0 Å². The van der Waals surface area contributed by atoms with E-state index in [1.165, 1.54) is 12.1 Å². The molecule has 24 heavy (non-hydrogen) atoms. The van der Waals surface area contributed by atoms with Gasteiger partial charge in [0.15, 0.2) is 0 Å². The predicted molar refractivity (Wildman–Crippen MR) is 79.3 cm³/mol. The Morgan fingerprint density at radius 2 is 1.79 bits per heavy atom. The third-order valence-corrected chi connectivity index (χ3v) is 3.31. The van der Waals surface area contributed by atoms with Crippen molar-refractivity contribution in [3.63, 3.8) is 0 Å². The molecule has 0 unspecified atom stereocenters. The minimum absolute atomic E-state index is 0.403. The lowest BCUT2D eigenvalue weighted by Crippen LogP contribution is -2.36. The van der Waals surface area contributed by atoms with Crippen LogP contribution in [0.1, 0.15) is 24.1 Å². The predicted octanol–water partition coefficient (Wildman–Crippen LogP) is 1.43. The summed E-state index contributed by atoms with van der Waals surface area (Å²) in [4.78, 5) is 34.6. The summed E-state index contributed by atoms with van der Waals surface area (Å²) in [5.74, 6) is -0.564. The van der Waals surface area contributed by atoms with E-state index in [0.717, 1.165) is 28.9 Å². The highest BCUT2D eigenvalue weighted by atomic mass is 19.4. The van der Waals surface area contributed by atoms with E-state index in [1.807, 2.05) is 0 Å². The normalized spacial score (nSPS) is 12.7. The first kappa shape index (κ1) is 17.5. The first-order valence-corrected chi connectivity index (χ1v) is 6.93. The van der Waals surface area contributed by atoms with Crippen molar-refractivity contribution in [3.05, 3.63) is 68.2 Å². The number of H-pyrrole nitrogens is 1. The highest BCUT2D eigenvalue weighted by molar-refractivity contribution is 5.76. The number of rotatable bonds is 4. The fourth-order valence-electron chi connectivity index (χ4n) is 2.05. The number of carbonyl (C=O) groups is 1. The van der Waals surface area contributed by atoms with Crippen molar-refractivity contribution < 1.29 is 18.0 Å². The van der Waals surface area contributed by atoms with E-state index >= 15 is 0 Å². The number of aromatic nitrogens is 2. The first-order valence-electron chi connectivity index (χ1n) is 6.93. The molecule has 1 aromatic heterocycles. The zero-order valence-corrected chi connectivity index (χ0v) is 12.6. The maximum absolute atomic E-state index is 12.5. The molecule has 0 saturated heterocycles. The smallest absolute Gasteiger partial charge is 0.348 e. The Bertz CT molecular complexity index is 838. The summed E-state index contributed by atoms with van der Waals surface area (Å²) in [5, 5.41) is 4.75. The molecule has 0 fully saturated rings. The van der Waals surface area contributed by atoms with Crippen LogP contribution in [0.3, 0.4) is 0 Å². The van der Waals surface area contributed by atoms with Crippen LogP contribution in [0.5, 0.6) is 0 Å². The average molecular weight is 341 g/mol. The molecule has 9 heteroatoms. The molecule has 1 aromatic carbocycles. The fraction of sp³-hybridized carbons (Fsp3) is 0.267. The zero-order chi connectivity index (χ0) is 17.9. The van der Waals surface area contributed by atoms with E-state index in [1.54, 1.807) is 6.92 Å². The molecule has 2 aromatic rings. The summed E-state index contributed by atoms with van der Waals surface area (Å²) in [6, 6.07) is 5.90. The minimum atomic E-state index is -4.43. The third kappa shape index (κ3) is 4.34. The molecule has 0 spiro atoms. The summed E-state index contributed by atoms with van der Waals surface area (Å²) < 4.78 is 38.4. The van der Waals surface area contributed by atoms with Gasteiger partial charge in [0.2, 0.25) is 5.91 Å². The van der Waals surface area contributed by atoms with Gasteiger partial charge in [-0.15, -0.1) is 0 Å². The summed E-state index contributed by atoms with van der Waals surface area (Å²) in [6.45, 7) is 1.19. The first-order chi connectivity index (χ1) is 11.2. The highest BCUT2D eigenvalue weighted by Gasteiger charge is 2.30. The van der Waals surface area contributed by atoms with Crippen LogP contribution in [-0.4, -0.2) is 15.7 Å². The average Bonchev–Trinajstić information content (AvgIpc) is 2.50. The van der Waals surface area contributed by atoms with Gasteiger partial charge in [0.1, 0.15) is 6.54 Å². The molecule has 0 bridgehead atoms. The van der Waals surface area contributed by atoms with Gasteiger partial charge in [0.25, 0.3) is 11.1 Å². The minimum Gasteiger partial charge on any atom is -0.348 e. The highest BCUT2D eigenvalue weighted by Crippen LogP contribution is 2.29. The lowest BCUT2D eigenvalue weighted by Gasteiger charge is -2.16. The molecule has 0 saturated carbocycles. The van der Waals surface area contributed by atoms with Gasteiger partial charge in [-0.2, -0.15) is 13.2 Å². The van der Waals surface area contributed by atoms with Crippen LogP contribution < -0.4 is 16.4 Å². The number of aromatic amines is 1. The van der Waals surface area contributed by atoms with E-state index in [2.05, 4.69) is 10.4 Å². The van der Waals surface area contributed by atoms with Crippen molar-refractivity contribution in [2.75, 3.05) is 0 Å². The molecule has 1 amide bonds. The van der Waals surface area contributed by atoms with Crippen LogP contribution in [0.2, 0.25) is 0 Å². The zero-order valence-electron chi connectivity index (χ0n) is 12.6. The maximum Gasteiger partial charge on any atom is 0.416 e. The topological polar surface area (TPSA) is 84.0 Å². The maximum atomic E-state index is 12.5. The number of alkyl halides is 3. The van der Waals surface area contributed by atoms with Crippen LogP contribution >= 0.6 is 0 Å². The second-order valence-corrected chi connectivity index (χ2v) is 5.14. The van der Waals surface area contributed by atoms with E-state index in [9.17, 15) is 27.6 Å². The summed E-state index contributed by atoms with van der Waals surface area (Å²) >= 11 is 0. The van der Waals surface area contributed by atoms with E-state index in [-0.39, 0.29) is 0 Å². The third-order valence-electron chi connectivity index (χ3n) is 3.31. The van der Waals surface area contributed by atoms with Gasteiger partial charge in [-0.1, -0.05) is 12.1 Å². The fourth-order valence-corrected chi connectivity index (χ4v) is 2.05. The number of nitrogens with zero attached hydrogens (tertiary/aromatic N) is 1. The molecule has 2 rings (SSSR count). The summed E-state index contributed by atoms with van der Waals surface area (Å²) in [6.07, 6.45) is -4.43. The lowest BCUT2D eigenvalue weighted by atomic mass is 10.1. The van der Waals surface area contributed by atoms with Gasteiger partial charge in [-0.3, -0.25) is 19.5 Å². The van der Waals surface area contributed by atoms with Crippen molar-refractivity contribution >= 4 is 5.91 Å². The number of halogens is 3. The van der Waals surface area contributed by atoms with Gasteiger partial charge in [-0.05, 0) is 24.6 Å². The number of amides is 1. The van der Waals surface area contributed by atoms with Crippen molar-refractivity contribution in [1.29, 1.82) is 0 Å². The van der Waals surface area contributed by atoms with Crippen molar-refractivity contribution in [2.24, 2.45) is 0 Å². The SMILES string of the molecule is C[C@@H](NC(=O)Cn1[nH]c(=O)ccc1=O)c1ccc(C(F)(F)F)cc1. The quantitative estimate of drug-likeness (QED) is 0.882. The number of hydrogen-bond donors (Lipinski definition) is 2. The van der Waals surface area contributed by atoms with Crippen LogP contribution in [0.4, 0.5) is 13.2 Å². The number of nitrogens with one attached hydrogen (secondary N) is 2. The molecule has 6 nitrogen and oxygen atoms in total. The molecule has 0 aliphatic heterocycles. The summed E-state index contributed by atoms with van der Waals surface area (Å²) in [5.41, 5.74) is -1.38. The Morgan fingerprint density at radius 1 is 1.17 bits per heavy atom. The number of benzene rings is 1. The molecule has 1 atom stereocenters. The molecule has 1 heterocycles. The number of hydrogen-bond acceptors (Lipinski definition) is 3. The van der Waals surface area contributed by atoms with Crippen molar-refractivity contribution in [2.45, 2.75) is 25.7 Å². The Balaban J connectivity index is 2.05. The standard InChI is InChI=1S/C15H14F3N3O3/c1-9(10-2-4-11(5-3-10)15(16,17)18)19-13(23)8-21-14(24)7-6-12(22)20-21/h2-7,9H,8H2,1H3,(H,19,23)(H,20,22)/t9-/m1/s1. The molecule has 0 radical (unpaired) electrons. The Morgan fingerprint density at radius 3 is 2.38 bits per heavy atom. The monoisotopic (exact) mass is 341 g/mol. The molecule has 0 aliphatic carbocycles. The molecule has 2 N–H and O–H groups in total. The van der Waals surface area contributed by atoms with Crippen LogP contribution in [0.25, 0.3) is 0 Å². The van der Waals surface area contributed by atoms with E-state index < -0.39 is 41.4 Å². The van der Waals surface area contributed by atoms with Crippen LogP contribution in [0, 0.1) is 0 Å². The molecule has 128 valence electrons. The molecule has 0 aliphatic rings. The van der Waals surface area contributed by atoms with Gasteiger partial charge in [0.05, 0.1) is 11.6 Å². The lowest BCUT2D eigenvalue weighted by molar-refractivity contribution is -0.137. The number of carbonyl (C=O) groups excluding carboxylic acids is 1. The second-order valence-electron chi connectivity index (χ2n) is 5.14. The molecular formula is C15H14F3N3O3. The van der Waals surface area contributed by atoms with Crippen LogP contribution in [0.15, 0.2) is 46.0 Å². The van der Waals surface area contributed by atoms with E-state index in [4.69, 9.17) is 0 Å². The van der Waals surface area contributed by atoms with Gasteiger partial charge < -0.3 is 5.32 Å². The van der Waals surface area contributed by atoms with Crippen LogP contribution in [-0.2, 0) is 17.5 Å².